The zero-order valence-corrected chi connectivity index (χ0v) is 31.4. The average Bonchev–Trinajstić information content (AvgIpc) is 3.82. The summed E-state index contributed by atoms with van der Waals surface area (Å²) in [6.45, 7) is 0. The molecule has 11 rings (SSSR count). The lowest BCUT2D eigenvalue weighted by Gasteiger charge is -2.29. The molecule has 0 N–H and O–H groups in total. The van der Waals surface area contributed by atoms with Gasteiger partial charge in [-0.3, -0.25) is 0 Å². The van der Waals surface area contributed by atoms with Gasteiger partial charge in [-0.05, 0) is 93.2 Å². The quantitative estimate of drug-likeness (QED) is 0.164. The average molecular weight is 736 g/mol. The van der Waals surface area contributed by atoms with Crippen LogP contribution in [-0.2, 0) is 0 Å². The van der Waals surface area contributed by atoms with Gasteiger partial charge in [-0.2, -0.15) is 0 Å². The first-order valence-corrected chi connectivity index (χ1v) is 20.3. The smallest absolute Gasteiger partial charge is 0.0540 e. The Balaban J connectivity index is 1.13. The molecule has 0 amide bonds. The van der Waals surface area contributed by atoms with E-state index < -0.39 is 0 Å². The van der Waals surface area contributed by atoms with Crippen molar-refractivity contribution in [3.05, 3.63) is 200 Å². The molecule has 0 unspecified atom stereocenters. The first-order valence-electron chi connectivity index (χ1n) is 18.7. The lowest BCUT2D eigenvalue weighted by molar-refractivity contribution is 1.28. The molecule has 2 heterocycles. The number of benzene rings is 9. The fourth-order valence-electron chi connectivity index (χ4n) is 8.34. The second kappa shape index (κ2) is 13.1. The highest BCUT2D eigenvalue weighted by Gasteiger charge is 2.21. The van der Waals surface area contributed by atoms with Crippen LogP contribution in [0.2, 0.25) is 0 Å². The van der Waals surface area contributed by atoms with E-state index in [1.165, 1.54) is 84.5 Å². The Labute approximate surface area is 327 Å². The highest BCUT2D eigenvalue weighted by atomic mass is 32.1. The number of nitrogens with zero attached hydrogens (tertiary/aromatic N) is 1. The lowest BCUT2D eigenvalue weighted by Crippen LogP contribution is -2.11. The maximum atomic E-state index is 2.46. The third kappa shape index (κ3) is 5.43. The molecule has 11 aromatic rings. The summed E-state index contributed by atoms with van der Waals surface area (Å²) in [7, 11) is 0. The SMILES string of the molecule is c1cc(-c2ccc3c(c2)sc2ccccc23)cc(N(c2cccc(-c3cccc4ccccc34)c2)c2ccccc2-c2cccc3sc4ccccc4c23)c1. The molecule has 0 aliphatic rings. The van der Waals surface area contributed by atoms with Crippen LogP contribution < -0.4 is 4.90 Å². The van der Waals surface area contributed by atoms with Crippen LogP contribution >= 0.6 is 22.7 Å². The van der Waals surface area contributed by atoms with Crippen LogP contribution in [0.4, 0.5) is 17.1 Å². The van der Waals surface area contributed by atoms with E-state index in [1.54, 1.807) is 0 Å². The Morgan fingerprint density at radius 3 is 1.73 bits per heavy atom. The summed E-state index contributed by atoms with van der Waals surface area (Å²) in [5.74, 6) is 0. The highest BCUT2D eigenvalue weighted by molar-refractivity contribution is 7.26. The summed E-state index contributed by atoms with van der Waals surface area (Å²) < 4.78 is 5.25. The van der Waals surface area contributed by atoms with E-state index in [0.717, 1.165) is 17.1 Å². The monoisotopic (exact) mass is 735 g/mol. The largest absolute Gasteiger partial charge is 0.310 e. The van der Waals surface area contributed by atoms with Gasteiger partial charge >= 0.3 is 0 Å². The van der Waals surface area contributed by atoms with E-state index in [0.29, 0.717) is 0 Å². The molecular weight excluding hydrogens is 703 g/mol. The first-order chi connectivity index (χ1) is 27.3. The van der Waals surface area contributed by atoms with Crippen LogP contribution in [0.15, 0.2) is 200 Å². The van der Waals surface area contributed by atoms with Crippen molar-refractivity contribution in [2.75, 3.05) is 4.90 Å². The predicted molar refractivity (Wildman–Crippen MR) is 241 cm³/mol. The maximum Gasteiger partial charge on any atom is 0.0540 e. The molecule has 0 fully saturated rings. The normalized spacial score (nSPS) is 11.6. The zero-order chi connectivity index (χ0) is 36.3. The minimum Gasteiger partial charge on any atom is -0.310 e. The van der Waals surface area contributed by atoms with Crippen molar-refractivity contribution in [3.8, 4) is 33.4 Å². The molecule has 0 bridgehead atoms. The number of anilines is 3. The summed E-state index contributed by atoms with van der Waals surface area (Å²) in [5.41, 5.74) is 10.6. The number of hydrogen-bond acceptors (Lipinski definition) is 3. The Morgan fingerprint density at radius 1 is 0.309 bits per heavy atom. The molecule has 0 saturated carbocycles. The topological polar surface area (TPSA) is 3.24 Å². The second-order valence-corrected chi connectivity index (χ2v) is 16.2. The predicted octanol–water partition coefficient (Wildman–Crippen LogP) is 16.0. The molecule has 3 heteroatoms. The zero-order valence-electron chi connectivity index (χ0n) is 29.8. The van der Waals surface area contributed by atoms with Gasteiger partial charge in [0, 0.05) is 57.3 Å². The minimum absolute atomic E-state index is 1.11. The van der Waals surface area contributed by atoms with Crippen molar-refractivity contribution >= 4 is 90.9 Å². The van der Waals surface area contributed by atoms with Gasteiger partial charge in [0.2, 0.25) is 0 Å². The number of hydrogen-bond donors (Lipinski definition) is 0. The molecule has 55 heavy (non-hydrogen) atoms. The van der Waals surface area contributed by atoms with Crippen LogP contribution in [0, 0.1) is 0 Å². The van der Waals surface area contributed by atoms with Gasteiger partial charge in [-0.15, -0.1) is 22.7 Å². The van der Waals surface area contributed by atoms with E-state index in [4.69, 9.17) is 0 Å². The van der Waals surface area contributed by atoms with Gasteiger partial charge in [0.25, 0.3) is 0 Å². The van der Waals surface area contributed by atoms with E-state index in [9.17, 15) is 0 Å². The van der Waals surface area contributed by atoms with Crippen molar-refractivity contribution in [1.29, 1.82) is 0 Å². The molecule has 0 radical (unpaired) electrons. The van der Waals surface area contributed by atoms with E-state index in [2.05, 4.69) is 205 Å². The third-order valence-corrected chi connectivity index (χ3v) is 13.1. The molecule has 0 saturated heterocycles. The molecule has 9 aromatic carbocycles. The maximum absolute atomic E-state index is 2.46. The summed E-state index contributed by atoms with van der Waals surface area (Å²) in [5, 5.41) is 7.75. The summed E-state index contributed by atoms with van der Waals surface area (Å²) in [4.78, 5) is 2.46. The molecule has 0 spiro atoms. The number of fused-ring (bicyclic) bond motifs is 7. The molecule has 0 aliphatic carbocycles. The van der Waals surface area contributed by atoms with Crippen LogP contribution in [0.25, 0.3) is 84.5 Å². The van der Waals surface area contributed by atoms with Crippen molar-refractivity contribution in [2.24, 2.45) is 0 Å². The van der Waals surface area contributed by atoms with E-state index in [1.807, 2.05) is 22.7 Å². The molecule has 0 atom stereocenters. The van der Waals surface area contributed by atoms with Crippen LogP contribution in [0.3, 0.4) is 0 Å². The minimum atomic E-state index is 1.11. The Hall–Kier alpha value is -6.52. The number of para-hydroxylation sites is 1. The van der Waals surface area contributed by atoms with Gasteiger partial charge in [0.05, 0.1) is 5.69 Å². The number of thiophene rings is 2. The van der Waals surface area contributed by atoms with Crippen LogP contribution in [-0.4, -0.2) is 0 Å². The van der Waals surface area contributed by atoms with Crippen molar-refractivity contribution < 1.29 is 0 Å². The Bertz CT molecular complexity index is 3230. The van der Waals surface area contributed by atoms with Gasteiger partial charge < -0.3 is 4.90 Å². The molecule has 1 nitrogen and oxygen atoms in total. The van der Waals surface area contributed by atoms with Crippen LogP contribution in [0.5, 0.6) is 0 Å². The Morgan fingerprint density at radius 2 is 0.855 bits per heavy atom. The van der Waals surface area contributed by atoms with Gasteiger partial charge in [0.15, 0.2) is 0 Å². The number of rotatable bonds is 6. The summed E-state index contributed by atoms with van der Waals surface area (Å²) >= 11 is 3.73. The van der Waals surface area contributed by atoms with Gasteiger partial charge in [-0.25, -0.2) is 0 Å². The fraction of sp³-hybridized carbons (Fsp3) is 0. The molecule has 0 aliphatic heterocycles. The van der Waals surface area contributed by atoms with E-state index in [-0.39, 0.29) is 0 Å². The van der Waals surface area contributed by atoms with Crippen LogP contribution in [0.1, 0.15) is 0 Å². The van der Waals surface area contributed by atoms with Crippen molar-refractivity contribution in [2.45, 2.75) is 0 Å². The first kappa shape index (κ1) is 32.0. The van der Waals surface area contributed by atoms with Crippen molar-refractivity contribution in [3.63, 3.8) is 0 Å². The standard InChI is InChI=1S/C52H33NS2/c1-2-19-40-34(13-1)14-11-23-41(40)37-16-10-18-39(32-37)53(38-17-9-15-35(31-38)36-29-30-44-43-21-4-7-26-48(43)55-51(44)33-36)47-25-6-3-20-42(47)45-24-12-28-50-52(45)46-22-5-8-27-49(46)54-50/h1-33H. The third-order valence-electron chi connectivity index (χ3n) is 10.9. The summed E-state index contributed by atoms with van der Waals surface area (Å²) in [6.07, 6.45) is 0. The van der Waals surface area contributed by atoms with Crippen molar-refractivity contribution in [1.82, 2.24) is 0 Å². The fourth-order valence-corrected chi connectivity index (χ4v) is 10.6. The highest BCUT2D eigenvalue weighted by Crippen LogP contribution is 2.47. The lowest BCUT2D eigenvalue weighted by atomic mass is 9.95. The molecular formula is C52H33NS2. The van der Waals surface area contributed by atoms with E-state index >= 15 is 0 Å². The molecule has 2 aromatic heterocycles. The second-order valence-electron chi connectivity index (χ2n) is 14.1. The van der Waals surface area contributed by atoms with Gasteiger partial charge in [0.1, 0.15) is 0 Å². The summed E-state index contributed by atoms with van der Waals surface area (Å²) in [6, 6.07) is 73.5. The molecule has 258 valence electrons. The Kier molecular flexibility index (Phi) is 7.61. The van der Waals surface area contributed by atoms with Gasteiger partial charge in [-0.1, -0.05) is 146 Å².